The minimum Gasteiger partial charge on any atom is -0.368 e. The van der Waals surface area contributed by atoms with E-state index in [9.17, 15) is 9.59 Å². The molecule has 2 amide bonds. The zero-order chi connectivity index (χ0) is 17.0. The Morgan fingerprint density at radius 1 is 1.25 bits per heavy atom. The van der Waals surface area contributed by atoms with E-state index in [1.165, 1.54) is 0 Å². The van der Waals surface area contributed by atoms with E-state index >= 15 is 0 Å². The molecule has 6 nitrogen and oxygen atoms in total. The average Bonchev–Trinajstić information content (AvgIpc) is 3.25. The molecule has 1 aliphatic heterocycles. The van der Waals surface area contributed by atoms with Crippen LogP contribution in [0.2, 0.25) is 0 Å². The molecule has 0 aromatic heterocycles. The van der Waals surface area contributed by atoms with Crippen molar-refractivity contribution < 1.29 is 14.3 Å². The monoisotopic (exact) mass is 331 g/mol. The standard InChI is InChI=1S/C18H25N3O3/c19-18(8-1-2-9-18)17(23)20-12-13-5-3-6-14(11-13)21-16(22)15-7-4-10-24-15/h3,5-6,11,15H,1-2,4,7-10,12,19H2,(H,20,23)(H,21,22). The van der Waals surface area contributed by atoms with Crippen molar-refractivity contribution in [2.24, 2.45) is 5.73 Å². The number of hydrogen-bond donors (Lipinski definition) is 3. The van der Waals surface area contributed by atoms with Gasteiger partial charge in [0.05, 0.1) is 5.54 Å². The molecule has 1 unspecified atom stereocenters. The molecule has 2 aliphatic rings. The quantitative estimate of drug-likeness (QED) is 0.765. The first-order valence-corrected chi connectivity index (χ1v) is 8.65. The number of ether oxygens (including phenoxy) is 1. The Morgan fingerprint density at radius 3 is 2.75 bits per heavy atom. The molecule has 0 radical (unpaired) electrons. The van der Waals surface area contributed by atoms with E-state index in [0.717, 1.165) is 44.1 Å². The minimum atomic E-state index is -0.717. The lowest BCUT2D eigenvalue weighted by Crippen LogP contribution is -2.51. The van der Waals surface area contributed by atoms with E-state index in [-0.39, 0.29) is 17.9 Å². The maximum absolute atomic E-state index is 12.3. The van der Waals surface area contributed by atoms with E-state index in [2.05, 4.69) is 10.6 Å². The molecule has 6 heteroatoms. The Kier molecular flexibility index (Phi) is 5.16. The molecule has 4 N–H and O–H groups in total. The maximum Gasteiger partial charge on any atom is 0.253 e. The summed E-state index contributed by atoms with van der Waals surface area (Å²) in [6.07, 6.45) is 4.84. The van der Waals surface area contributed by atoms with Crippen molar-refractivity contribution >= 4 is 17.5 Å². The number of benzene rings is 1. The van der Waals surface area contributed by atoms with Gasteiger partial charge in [-0.2, -0.15) is 0 Å². The van der Waals surface area contributed by atoms with Crippen LogP contribution in [0, 0.1) is 0 Å². The number of anilines is 1. The highest BCUT2D eigenvalue weighted by Gasteiger charge is 2.36. The van der Waals surface area contributed by atoms with Crippen molar-refractivity contribution in [2.45, 2.75) is 56.7 Å². The highest BCUT2D eigenvalue weighted by molar-refractivity contribution is 5.94. The van der Waals surface area contributed by atoms with Gasteiger partial charge in [-0.25, -0.2) is 0 Å². The van der Waals surface area contributed by atoms with E-state index in [4.69, 9.17) is 10.5 Å². The van der Waals surface area contributed by atoms with Gasteiger partial charge in [0.25, 0.3) is 5.91 Å². The Morgan fingerprint density at radius 2 is 2.04 bits per heavy atom. The lowest BCUT2D eigenvalue weighted by atomic mass is 9.98. The van der Waals surface area contributed by atoms with Crippen LogP contribution in [-0.2, 0) is 20.9 Å². The number of carbonyl (C=O) groups is 2. The Balaban J connectivity index is 1.55. The molecule has 1 aromatic carbocycles. The van der Waals surface area contributed by atoms with Crippen molar-refractivity contribution in [1.29, 1.82) is 0 Å². The predicted octanol–water partition coefficient (Wildman–Crippen LogP) is 1.69. The molecule has 0 bridgehead atoms. The van der Waals surface area contributed by atoms with E-state index < -0.39 is 5.54 Å². The third-order valence-electron chi connectivity index (χ3n) is 4.82. The van der Waals surface area contributed by atoms with Gasteiger partial charge >= 0.3 is 0 Å². The number of nitrogens with one attached hydrogen (secondary N) is 2. The van der Waals surface area contributed by atoms with E-state index in [1.54, 1.807) is 0 Å². The highest BCUT2D eigenvalue weighted by atomic mass is 16.5. The Hall–Kier alpha value is -1.92. The van der Waals surface area contributed by atoms with Crippen molar-refractivity contribution in [3.8, 4) is 0 Å². The van der Waals surface area contributed by atoms with Crippen molar-refractivity contribution in [3.05, 3.63) is 29.8 Å². The summed E-state index contributed by atoms with van der Waals surface area (Å²) in [7, 11) is 0. The number of nitrogens with two attached hydrogens (primary N) is 1. The molecular formula is C18H25N3O3. The Bertz CT molecular complexity index is 605. The highest BCUT2D eigenvalue weighted by Crippen LogP contribution is 2.27. The zero-order valence-corrected chi connectivity index (χ0v) is 13.8. The predicted molar refractivity (Wildman–Crippen MR) is 91.3 cm³/mol. The van der Waals surface area contributed by atoms with Crippen LogP contribution < -0.4 is 16.4 Å². The lowest BCUT2D eigenvalue weighted by Gasteiger charge is -2.22. The second kappa shape index (κ2) is 7.32. The average molecular weight is 331 g/mol. The first kappa shape index (κ1) is 16.9. The number of carbonyl (C=O) groups excluding carboxylic acids is 2. The normalized spacial score (nSPS) is 22.3. The van der Waals surface area contributed by atoms with Crippen LogP contribution >= 0.6 is 0 Å². The Labute approximate surface area is 142 Å². The first-order chi connectivity index (χ1) is 11.6. The molecule has 2 fully saturated rings. The van der Waals surface area contributed by atoms with E-state index in [0.29, 0.717) is 18.8 Å². The topological polar surface area (TPSA) is 93.5 Å². The third kappa shape index (κ3) is 3.94. The van der Waals surface area contributed by atoms with Crippen LogP contribution in [0.3, 0.4) is 0 Å². The number of rotatable bonds is 5. The molecule has 1 aromatic rings. The van der Waals surface area contributed by atoms with Crippen LogP contribution in [-0.4, -0.2) is 30.1 Å². The summed E-state index contributed by atoms with van der Waals surface area (Å²) in [5, 5.41) is 5.79. The molecule has 1 atom stereocenters. The molecule has 1 aliphatic carbocycles. The summed E-state index contributed by atoms with van der Waals surface area (Å²) in [5.41, 5.74) is 7.07. The van der Waals surface area contributed by atoms with Gasteiger partial charge in [-0.15, -0.1) is 0 Å². The summed E-state index contributed by atoms with van der Waals surface area (Å²) in [6, 6.07) is 7.48. The van der Waals surface area contributed by atoms with Gasteiger partial charge in [-0.05, 0) is 43.4 Å². The van der Waals surface area contributed by atoms with Gasteiger partial charge in [0.2, 0.25) is 5.91 Å². The van der Waals surface area contributed by atoms with Crippen LogP contribution in [0.15, 0.2) is 24.3 Å². The first-order valence-electron chi connectivity index (χ1n) is 8.65. The van der Waals surface area contributed by atoms with Crippen molar-refractivity contribution in [2.75, 3.05) is 11.9 Å². The van der Waals surface area contributed by atoms with Gasteiger partial charge in [0.1, 0.15) is 6.10 Å². The van der Waals surface area contributed by atoms with Gasteiger partial charge in [0.15, 0.2) is 0 Å². The van der Waals surface area contributed by atoms with Gasteiger partial charge in [0, 0.05) is 18.8 Å². The maximum atomic E-state index is 12.3. The van der Waals surface area contributed by atoms with Gasteiger partial charge < -0.3 is 21.1 Å². The molecule has 3 rings (SSSR count). The third-order valence-corrected chi connectivity index (χ3v) is 4.82. The summed E-state index contributed by atoms with van der Waals surface area (Å²) in [5.74, 6) is -0.200. The molecule has 130 valence electrons. The molecule has 1 saturated carbocycles. The second-order valence-electron chi connectivity index (χ2n) is 6.74. The molecule has 24 heavy (non-hydrogen) atoms. The fourth-order valence-electron chi connectivity index (χ4n) is 3.36. The van der Waals surface area contributed by atoms with Crippen LogP contribution in [0.4, 0.5) is 5.69 Å². The second-order valence-corrected chi connectivity index (χ2v) is 6.74. The smallest absolute Gasteiger partial charge is 0.253 e. The fourth-order valence-corrected chi connectivity index (χ4v) is 3.36. The summed E-state index contributed by atoms with van der Waals surface area (Å²) in [6.45, 7) is 1.05. The van der Waals surface area contributed by atoms with E-state index in [1.807, 2.05) is 24.3 Å². The lowest BCUT2D eigenvalue weighted by molar-refractivity contribution is -0.126. The van der Waals surface area contributed by atoms with Crippen LogP contribution in [0.1, 0.15) is 44.1 Å². The SMILES string of the molecule is NC1(C(=O)NCc2cccc(NC(=O)C3CCCO3)c2)CCCC1. The molecule has 1 saturated heterocycles. The van der Waals surface area contributed by atoms with Crippen LogP contribution in [0.5, 0.6) is 0 Å². The number of hydrogen-bond acceptors (Lipinski definition) is 4. The molecule has 0 spiro atoms. The van der Waals surface area contributed by atoms with Crippen molar-refractivity contribution in [1.82, 2.24) is 5.32 Å². The zero-order valence-electron chi connectivity index (χ0n) is 13.8. The molecular weight excluding hydrogens is 306 g/mol. The molecule has 1 heterocycles. The fraction of sp³-hybridized carbons (Fsp3) is 0.556. The van der Waals surface area contributed by atoms with Crippen LogP contribution in [0.25, 0.3) is 0 Å². The summed E-state index contributed by atoms with van der Waals surface area (Å²) < 4.78 is 5.38. The van der Waals surface area contributed by atoms with Gasteiger partial charge in [-0.3, -0.25) is 9.59 Å². The van der Waals surface area contributed by atoms with Gasteiger partial charge in [-0.1, -0.05) is 25.0 Å². The minimum absolute atomic E-state index is 0.0891. The summed E-state index contributed by atoms with van der Waals surface area (Å²) in [4.78, 5) is 24.3. The number of amides is 2. The van der Waals surface area contributed by atoms with Crippen molar-refractivity contribution in [3.63, 3.8) is 0 Å². The largest absolute Gasteiger partial charge is 0.368 e. The summed E-state index contributed by atoms with van der Waals surface area (Å²) >= 11 is 0.